The number of carbonyl (C=O) groups is 1. The molecule has 3 aromatic carbocycles. The first-order valence-corrected chi connectivity index (χ1v) is 10.7. The Hall–Kier alpha value is -2.83. The summed E-state index contributed by atoms with van der Waals surface area (Å²) in [5.41, 5.74) is 2.84. The van der Waals surface area contributed by atoms with Crippen molar-refractivity contribution in [1.29, 1.82) is 0 Å². The van der Waals surface area contributed by atoms with Crippen LogP contribution >= 0.6 is 11.6 Å². The number of amides is 1. The maximum Gasteiger partial charge on any atom is 0.257 e. The molecule has 0 fully saturated rings. The molecular weight excluding hydrogens is 396 g/mol. The average Bonchev–Trinajstić information content (AvgIpc) is 2.67. The number of nitrogens with one attached hydrogen (secondary N) is 1. The Balaban J connectivity index is 2.07. The molecule has 7 heteroatoms. The van der Waals surface area contributed by atoms with Crippen LogP contribution in [-0.4, -0.2) is 27.6 Å². The molecule has 0 heterocycles. The van der Waals surface area contributed by atoms with Crippen molar-refractivity contribution >= 4 is 38.9 Å². The molecule has 3 rings (SSSR count). The summed E-state index contributed by atoms with van der Waals surface area (Å²) in [6.45, 7) is 0. The van der Waals surface area contributed by atoms with E-state index in [2.05, 4.69) is 5.32 Å². The van der Waals surface area contributed by atoms with Gasteiger partial charge in [-0.3, -0.25) is 9.10 Å². The Kier molecular flexibility index (Phi) is 5.72. The first kappa shape index (κ1) is 19.9. The highest BCUT2D eigenvalue weighted by Gasteiger charge is 2.19. The second kappa shape index (κ2) is 8.04. The summed E-state index contributed by atoms with van der Waals surface area (Å²) in [4.78, 5) is 12.7. The summed E-state index contributed by atoms with van der Waals surface area (Å²) in [6.07, 6.45) is 1.11. The summed E-state index contributed by atoms with van der Waals surface area (Å²) >= 11 is 6.12. The molecule has 0 spiro atoms. The number of hydrogen-bond acceptors (Lipinski definition) is 3. The highest BCUT2D eigenvalue weighted by atomic mass is 35.5. The van der Waals surface area contributed by atoms with Crippen LogP contribution in [0.3, 0.4) is 0 Å². The number of sulfonamides is 1. The second-order valence-corrected chi connectivity index (χ2v) is 8.68. The quantitative estimate of drug-likeness (QED) is 0.660. The van der Waals surface area contributed by atoms with E-state index in [0.717, 1.165) is 21.7 Å². The van der Waals surface area contributed by atoms with Gasteiger partial charge in [0.05, 0.1) is 28.2 Å². The second-order valence-electron chi connectivity index (χ2n) is 6.26. The van der Waals surface area contributed by atoms with Crippen molar-refractivity contribution < 1.29 is 13.2 Å². The largest absolute Gasteiger partial charge is 0.320 e. The molecule has 0 aromatic heterocycles. The van der Waals surface area contributed by atoms with Gasteiger partial charge < -0.3 is 5.32 Å². The molecule has 0 atom stereocenters. The molecule has 0 saturated carbocycles. The summed E-state index contributed by atoms with van der Waals surface area (Å²) in [5.74, 6) is -0.418. The summed E-state index contributed by atoms with van der Waals surface area (Å²) < 4.78 is 25.2. The van der Waals surface area contributed by atoms with E-state index < -0.39 is 15.9 Å². The smallest absolute Gasteiger partial charge is 0.257 e. The average molecular weight is 415 g/mol. The van der Waals surface area contributed by atoms with Crippen LogP contribution < -0.4 is 9.62 Å². The van der Waals surface area contributed by atoms with Crippen molar-refractivity contribution in [2.24, 2.45) is 0 Å². The fourth-order valence-corrected chi connectivity index (χ4v) is 3.47. The van der Waals surface area contributed by atoms with Crippen LogP contribution in [0.2, 0.25) is 5.02 Å². The van der Waals surface area contributed by atoms with Crippen LogP contribution in [0.15, 0.2) is 72.8 Å². The molecule has 0 unspecified atom stereocenters. The molecule has 0 saturated heterocycles. The highest BCUT2D eigenvalue weighted by Crippen LogP contribution is 2.33. The van der Waals surface area contributed by atoms with E-state index in [1.54, 1.807) is 36.4 Å². The molecule has 144 valence electrons. The van der Waals surface area contributed by atoms with E-state index in [1.165, 1.54) is 7.05 Å². The molecule has 0 aliphatic heterocycles. The zero-order valence-corrected chi connectivity index (χ0v) is 17.0. The third-order valence-corrected chi connectivity index (χ3v) is 5.83. The van der Waals surface area contributed by atoms with E-state index in [9.17, 15) is 13.2 Å². The van der Waals surface area contributed by atoms with Gasteiger partial charge in [0.15, 0.2) is 0 Å². The molecule has 1 N–H and O–H groups in total. The first-order chi connectivity index (χ1) is 13.3. The minimum atomic E-state index is -3.51. The summed E-state index contributed by atoms with van der Waals surface area (Å²) in [6, 6.07) is 21.5. The van der Waals surface area contributed by atoms with E-state index in [-0.39, 0.29) is 0 Å². The van der Waals surface area contributed by atoms with Crippen LogP contribution in [0, 0.1) is 0 Å². The SMILES string of the molecule is CN(c1ccc(-c2ccccc2)cc1NC(=O)c1ccccc1Cl)S(C)(=O)=O. The van der Waals surface area contributed by atoms with Crippen molar-refractivity contribution in [3.05, 3.63) is 83.4 Å². The van der Waals surface area contributed by atoms with E-state index in [0.29, 0.717) is 22.0 Å². The Bertz CT molecular complexity index is 1120. The topological polar surface area (TPSA) is 66.5 Å². The molecular formula is C21H19ClN2O3S. The zero-order valence-electron chi connectivity index (χ0n) is 15.4. The molecule has 0 bridgehead atoms. The normalized spacial score (nSPS) is 11.1. The monoisotopic (exact) mass is 414 g/mol. The Morgan fingerprint density at radius 1 is 0.929 bits per heavy atom. The lowest BCUT2D eigenvalue weighted by Gasteiger charge is -2.21. The van der Waals surface area contributed by atoms with Gasteiger partial charge in [-0.05, 0) is 35.4 Å². The van der Waals surface area contributed by atoms with Gasteiger partial charge in [-0.25, -0.2) is 8.42 Å². The van der Waals surface area contributed by atoms with Crippen molar-refractivity contribution in [2.75, 3.05) is 22.9 Å². The minimum Gasteiger partial charge on any atom is -0.320 e. The first-order valence-electron chi connectivity index (χ1n) is 8.46. The number of anilines is 2. The van der Waals surface area contributed by atoms with E-state index >= 15 is 0 Å². The molecule has 28 heavy (non-hydrogen) atoms. The van der Waals surface area contributed by atoms with Gasteiger partial charge in [0, 0.05) is 7.05 Å². The predicted molar refractivity (Wildman–Crippen MR) is 115 cm³/mol. The van der Waals surface area contributed by atoms with Gasteiger partial charge >= 0.3 is 0 Å². The number of hydrogen-bond donors (Lipinski definition) is 1. The lowest BCUT2D eigenvalue weighted by molar-refractivity contribution is 0.102. The molecule has 5 nitrogen and oxygen atoms in total. The van der Waals surface area contributed by atoms with Crippen molar-refractivity contribution in [3.8, 4) is 11.1 Å². The predicted octanol–water partition coefficient (Wildman–Crippen LogP) is 4.66. The Morgan fingerprint density at radius 3 is 2.21 bits per heavy atom. The van der Waals surface area contributed by atoms with E-state index in [4.69, 9.17) is 11.6 Å². The van der Waals surface area contributed by atoms with Gasteiger partial charge in [0.2, 0.25) is 10.0 Å². The number of nitrogens with zero attached hydrogens (tertiary/aromatic N) is 1. The zero-order chi connectivity index (χ0) is 20.3. The van der Waals surface area contributed by atoms with Crippen molar-refractivity contribution in [3.63, 3.8) is 0 Å². The van der Waals surface area contributed by atoms with Gasteiger partial charge in [-0.1, -0.05) is 60.1 Å². The molecule has 0 aliphatic rings. The summed E-state index contributed by atoms with van der Waals surface area (Å²) in [7, 11) is -2.07. The number of benzene rings is 3. The number of carbonyl (C=O) groups excluding carboxylic acids is 1. The number of rotatable bonds is 5. The third kappa shape index (κ3) is 4.35. The Labute approximate surface area is 169 Å². The maximum atomic E-state index is 12.7. The molecule has 1 amide bonds. The lowest BCUT2D eigenvalue weighted by atomic mass is 10.0. The van der Waals surface area contributed by atoms with Crippen LogP contribution in [0.5, 0.6) is 0 Å². The Morgan fingerprint density at radius 2 is 1.57 bits per heavy atom. The van der Waals surface area contributed by atoms with Gasteiger partial charge in [-0.15, -0.1) is 0 Å². The minimum absolute atomic E-state index is 0.308. The van der Waals surface area contributed by atoms with Crippen LogP contribution in [0.1, 0.15) is 10.4 Å². The van der Waals surface area contributed by atoms with Crippen LogP contribution in [0.4, 0.5) is 11.4 Å². The number of halogens is 1. The maximum absolute atomic E-state index is 12.7. The third-order valence-electron chi connectivity index (χ3n) is 4.31. The molecule has 3 aromatic rings. The van der Waals surface area contributed by atoms with Crippen LogP contribution in [0.25, 0.3) is 11.1 Å². The lowest BCUT2D eigenvalue weighted by Crippen LogP contribution is -2.26. The molecule has 0 radical (unpaired) electrons. The fourth-order valence-electron chi connectivity index (χ4n) is 2.73. The van der Waals surface area contributed by atoms with Crippen molar-refractivity contribution in [1.82, 2.24) is 0 Å². The van der Waals surface area contributed by atoms with E-state index in [1.807, 2.05) is 36.4 Å². The van der Waals surface area contributed by atoms with Crippen LogP contribution in [-0.2, 0) is 10.0 Å². The highest BCUT2D eigenvalue weighted by molar-refractivity contribution is 7.92. The van der Waals surface area contributed by atoms with Gasteiger partial charge in [0.25, 0.3) is 5.91 Å². The fraction of sp³-hybridized carbons (Fsp3) is 0.0952. The van der Waals surface area contributed by atoms with Crippen molar-refractivity contribution in [2.45, 2.75) is 0 Å². The van der Waals surface area contributed by atoms with Gasteiger partial charge in [-0.2, -0.15) is 0 Å². The standard InChI is InChI=1S/C21H19ClN2O3S/c1-24(28(2,26)27)20-13-12-16(15-8-4-3-5-9-15)14-19(20)23-21(25)17-10-6-7-11-18(17)22/h3-14H,1-2H3,(H,23,25). The molecule has 0 aliphatic carbocycles. The van der Waals surface area contributed by atoms with Gasteiger partial charge in [0.1, 0.15) is 0 Å². The summed E-state index contributed by atoms with van der Waals surface area (Å²) in [5, 5.41) is 3.12.